The first-order chi connectivity index (χ1) is 8.60. The van der Waals surface area contributed by atoms with Crippen molar-refractivity contribution in [3.63, 3.8) is 0 Å². The lowest BCUT2D eigenvalue weighted by Crippen LogP contribution is -2.07. The van der Waals surface area contributed by atoms with E-state index in [0.717, 1.165) is 22.4 Å². The van der Waals surface area contributed by atoms with Crippen molar-refractivity contribution in [2.24, 2.45) is 0 Å². The molecule has 4 heteroatoms. The van der Waals surface area contributed by atoms with Crippen molar-refractivity contribution in [2.75, 3.05) is 12.3 Å². The number of aryl methyl sites for hydroxylation is 1. The fourth-order valence-corrected chi connectivity index (χ4v) is 1.88. The molecule has 1 aromatic heterocycles. The highest BCUT2D eigenvalue weighted by Gasteiger charge is 2.04. The van der Waals surface area contributed by atoms with E-state index in [1.165, 1.54) is 6.07 Å². The summed E-state index contributed by atoms with van der Waals surface area (Å²) in [5, 5.41) is 0. The third-order valence-electron chi connectivity index (χ3n) is 2.67. The first-order valence-corrected chi connectivity index (χ1v) is 5.84. The number of aromatic nitrogens is 1. The minimum Gasteiger partial charge on any atom is -0.494 e. The van der Waals surface area contributed by atoms with Gasteiger partial charge in [-0.3, -0.25) is 4.79 Å². The molecule has 0 saturated heterocycles. The average molecular weight is 244 g/mol. The molecule has 0 aliphatic carbocycles. The van der Waals surface area contributed by atoms with E-state index in [1.807, 2.05) is 32.0 Å². The summed E-state index contributed by atoms with van der Waals surface area (Å²) < 4.78 is 5.48. The van der Waals surface area contributed by atoms with E-state index in [1.54, 1.807) is 6.07 Å². The van der Waals surface area contributed by atoms with Gasteiger partial charge in [-0.25, -0.2) is 0 Å². The summed E-state index contributed by atoms with van der Waals surface area (Å²) in [6, 6.07) is 9.10. The summed E-state index contributed by atoms with van der Waals surface area (Å²) in [6.07, 6.45) is 0. The first-order valence-electron chi connectivity index (χ1n) is 5.84. The molecule has 2 rings (SSSR count). The summed E-state index contributed by atoms with van der Waals surface area (Å²) in [5.41, 5.74) is 8.23. The standard InChI is InChI=1S/C14H16N2O2/c1-3-18-12-5-4-10(6-9(12)2)11-7-13(15)16-14(17)8-11/h4-8H,3H2,1-2H3,(H3,15,16,17). The molecule has 0 unspecified atom stereocenters. The van der Waals surface area contributed by atoms with Crippen molar-refractivity contribution in [1.82, 2.24) is 4.98 Å². The van der Waals surface area contributed by atoms with Crippen molar-refractivity contribution >= 4 is 5.82 Å². The van der Waals surface area contributed by atoms with Crippen molar-refractivity contribution < 1.29 is 4.74 Å². The Balaban J connectivity index is 2.45. The molecule has 0 spiro atoms. The summed E-state index contributed by atoms with van der Waals surface area (Å²) in [7, 11) is 0. The van der Waals surface area contributed by atoms with Crippen LogP contribution in [0.1, 0.15) is 12.5 Å². The summed E-state index contributed by atoms with van der Waals surface area (Å²) in [6.45, 7) is 4.56. The number of H-pyrrole nitrogens is 1. The zero-order valence-electron chi connectivity index (χ0n) is 10.5. The fourth-order valence-electron chi connectivity index (χ4n) is 1.88. The van der Waals surface area contributed by atoms with E-state index in [2.05, 4.69) is 4.98 Å². The number of nitrogens with two attached hydrogens (primary N) is 1. The SMILES string of the molecule is CCOc1ccc(-c2cc(N)[nH]c(=O)c2)cc1C. The topological polar surface area (TPSA) is 68.1 Å². The predicted octanol–water partition coefficient (Wildman–Crippen LogP) is 2.33. The Labute approximate surface area is 105 Å². The molecular formula is C14H16N2O2. The van der Waals surface area contributed by atoms with Gasteiger partial charge in [0.15, 0.2) is 0 Å². The van der Waals surface area contributed by atoms with Gasteiger partial charge in [-0.2, -0.15) is 0 Å². The maximum absolute atomic E-state index is 11.4. The lowest BCUT2D eigenvalue weighted by Gasteiger charge is -2.09. The molecule has 4 nitrogen and oxygen atoms in total. The molecule has 0 bridgehead atoms. The highest BCUT2D eigenvalue weighted by molar-refractivity contribution is 5.67. The van der Waals surface area contributed by atoms with Crippen LogP contribution in [-0.2, 0) is 0 Å². The number of benzene rings is 1. The van der Waals surface area contributed by atoms with Crippen LogP contribution in [0, 0.1) is 6.92 Å². The van der Waals surface area contributed by atoms with Gasteiger partial charge in [-0.05, 0) is 48.7 Å². The van der Waals surface area contributed by atoms with Crippen molar-refractivity contribution in [3.05, 3.63) is 46.2 Å². The molecule has 0 amide bonds. The van der Waals surface area contributed by atoms with Gasteiger partial charge in [0, 0.05) is 6.07 Å². The van der Waals surface area contributed by atoms with Gasteiger partial charge in [0.1, 0.15) is 11.6 Å². The lowest BCUT2D eigenvalue weighted by molar-refractivity contribution is 0.338. The highest BCUT2D eigenvalue weighted by Crippen LogP contribution is 2.26. The molecule has 1 heterocycles. The Morgan fingerprint density at radius 2 is 2.00 bits per heavy atom. The number of hydrogen-bond acceptors (Lipinski definition) is 3. The van der Waals surface area contributed by atoms with Gasteiger partial charge in [0.25, 0.3) is 0 Å². The van der Waals surface area contributed by atoms with Crippen LogP contribution in [0.4, 0.5) is 5.82 Å². The Hall–Kier alpha value is -2.23. The molecule has 94 valence electrons. The molecule has 0 aliphatic rings. The van der Waals surface area contributed by atoms with E-state index in [-0.39, 0.29) is 5.56 Å². The molecular weight excluding hydrogens is 228 g/mol. The number of pyridine rings is 1. The number of nitrogen functional groups attached to an aromatic ring is 1. The third-order valence-corrected chi connectivity index (χ3v) is 2.67. The van der Waals surface area contributed by atoms with Crippen molar-refractivity contribution in [1.29, 1.82) is 0 Å². The number of nitrogens with one attached hydrogen (secondary N) is 1. The summed E-state index contributed by atoms with van der Waals surface area (Å²) in [4.78, 5) is 13.9. The summed E-state index contributed by atoms with van der Waals surface area (Å²) >= 11 is 0. The van der Waals surface area contributed by atoms with Gasteiger partial charge >= 0.3 is 0 Å². The number of rotatable bonds is 3. The monoisotopic (exact) mass is 244 g/mol. The summed E-state index contributed by atoms with van der Waals surface area (Å²) in [5.74, 6) is 1.23. The smallest absolute Gasteiger partial charge is 0.250 e. The third kappa shape index (κ3) is 2.53. The second kappa shape index (κ2) is 4.96. The van der Waals surface area contributed by atoms with E-state index in [4.69, 9.17) is 10.5 Å². The lowest BCUT2D eigenvalue weighted by atomic mass is 10.0. The Morgan fingerprint density at radius 3 is 2.61 bits per heavy atom. The van der Waals surface area contributed by atoms with Crippen LogP contribution in [0.25, 0.3) is 11.1 Å². The number of aromatic amines is 1. The van der Waals surface area contributed by atoms with Crippen molar-refractivity contribution in [3.8, 4) is 16.9 Å². The van der Waals surface area contributed by atoms with Gasteiger partial charge in [-0.15, -0.1) is 0 Å². The normalized spacial score (nSPS) is 10.3. The molecule has 0 fully saturated rings. The largest absolute Gasteiger partial charge is 0.494 e. The maximum atomic E-state index is 11.4. The van der Waals surface area contributed by atoms with Gasteiger partial charge in [-0.1, -0.05) is 6.07 Å². The number of ether oxygens (including phenoxy) is 1. The zero-order valence-corrected chi connectivity index (χ0v) is 10.5. The van der Waals surface area contributed by atoms with Crippen LogP contribution in [0.15, 0.2) is 35.1 Å². The number of anilines is 1. The van der Waals surface area contributed by atoms with Crippen molar-refractivity contribution in [2.45, 2.75) is 13.8 Å². The molecule has 1 aromatic carbocycles. The number of hydrogen-bond donors (Lipinski definition) is 2. The fraction of sp³-hybridized carbons (Fsp3) is 0.214. The molecule has 2 aromatic rings. The second-order valence-corrected chi connectivity index (χ2v) is 4.10. The van der Waals surface area contributed by atoms with Gasteiger partial charge < -0.3 is 15.5 Å². The minimum atomic E-state index is -0.198. The van der Waals surface area contributed by atoms with Gasteiger partial charge in [0.05, 0.1) is 6.61 Å². The van der Waals surface area contributed by atoms with Crippen LogP contribution < -0.4 is 16.0 Å². The average Bonchev–Trinajstić information content (AvgIpc) is 2.30. The van der Waals surface area contributed by atoms with Crippen LogP contribution in [0.3, 0.4) is 0 Å². The van der Waals surface area contributed by atoms with Crippen LogP contribution >= 0.6 is 0 Å². The quantitative estimate of drug-likeness (QED) is 0.870. The minimum absolute atomic E-state index is 0.198. The van der Waals surface area contributed by atoms with E-state index in [9.17, 15) is 4.79 Å². The molecule has 0 saturated carbocycles. The molecule has 0 atom stereocenters. The van der Waals surface area contributed by atoms with Crippen LogP contribution in [0.5, 0.6) is 5.75 Å². The van der Waals surface area contributed by atoms with E-state index < -0.39 is 0 Å². The van der Waals surface area contributed by atoms with Gasteiger partial charge in [0.2, 0.25) is 5.56 Å². The first kappa shape index (κ1) is 12.2. The Kier molecular flexibility index (Phi) is 3.37. The molecule has 0 radical (unpaired) electrons. The molecule has 18 heavy (non-hydrogen) atoms. The Morgan fingerprint density at radius 1 is 1.22 bits per heavy atom. The van der Waals surface area contributed by atoms with E-state index in [0.29, 0.717) is 12.4 Å². The molecule has 0 aliphatic heterocycles. The second-order valence-electron chi connectivity index (χ2n) is 4.10. The van der Waals surface area contributed by atoms with Crippen LogP contribution in [0.2, 0.25) is 0 Å². The van der Waals surface area contributed by atoms with Crippen LogP contribution in [-0.4, -0.2) is 11.6 Å². The zero-order chi connectivity index (χ0) is 13.1. The predicted molar refractivity (Wildman–Crippen MR) is 72.8 cm³/mol. The Bertz CT molecular complexity index is 617. The maximum Gasteiger partial charge on any atom is 0.250 e. The molecule has 3 N–H and O–H groups in total. The van der Waals surface area contributed by atoms with E-state index >= 15 is 0 Å². The highest BCUT2D eigenvalue weighted by atomic mass is 16.5.